The summed E-state index contributed by atoms with van der Waals surface area (Å²) >= 11 is 5.43. The van der Waals surface area contributed by atoms with Crippen molar-refractivity contribution >= 4 is 27.7 Å². The van der Waals surface area contributed by atoms with Crippen LogP contribution >= 0.6 is 27.7 Å². The van der Waals surface area contributed by atoms with Gasteiger partial charge < -0.3 is 5.32 Å². The fourth-order valence-corrected chi connectivity index (χ4v) is 3.55. The van der Waals surface area contributed by atoms with Crippen molar-refractivity contribution in [1.29, 1.82) is 0 Å². The normalized spacial score (nSPS) is 12.9. The molecule has 0 aromatic heterocycles. The van der Waals surface area contributed by atoms with Gasteiger partial charge in [-0.05, 0) is 36.7 Å². The Morgan fingerprint density at radius 1 is 1.11 bits per heavy atom. The Morgan fingerprint density at radius 3 is 2.22 bits per heavy atom. The molecule has 1 aromatic rings. The fourth-order valence-electron chi connectivity index (χ4n) is 2.20. The van der Waals surface area contributed by atoms with Crippen molar-refractivity contribution in [3.63, 3.8) is 0 Å². The first-order valence-corrected chi connectivity index (χ1v) is 8.60. The standard InChI is InChI=1S/C15H24BrNS/c1-4-12(5-2)15(17-6-3)11-18-14-9-7-13(16)8-10-14/h7-10,12,15,17H,4-6,11H2,1-3H3. The predicted octanol–water partition coefficient (Wildman–Crippen LogP) is 4.96. The zero-order valence-electron chi connectivity index (χ0n) is 11.6. The van der Waals surface area contributed by atoms with Gasteiger partial charge in [-0.2, -0.15) is 0 Å². The lowest BCUT2D eigenvalue weighted by molar-refractivity contribution is 0.365. The summed E-state index contributed by atoms with van der Waals surface area (Å²) < 4.78 is 1.15. The topological polar surface area (TPSA) is 12.0 Å². The molecular formula is C15H24BrNS. The van der Waals surface area contributed by atoms with Crippen LogP contribution in [0.3, 0.4) is 0 Å². The lowest BCUT2D eigenvalue weighted by atomic mass is 9.95. The maximum atomic E-state index is 3.64. The minimum atomic E-state index is 0.624. The van der Waals surface area contributed by atoms with Crippen LogP contribution in [0.15, 0.2) is 33.6 Å². The van der Waals surface area contributed by atoms with Crippen molar-refractivity contribution in [2.45, 2.75) is 44.6 Å². The van der Waals surface area contributed by atoms with Crippen molar-refractivity contribution < 1.29 is 0 Å². The first-order valence-electron chi connectivity index (χ1n) is 6.82. The minimum absolute atomic E-state index is 0.624. The zero-order valence-corrected chi connectivity index (χ0v) is 14.0. The van der Waals surface area contributed by atoms with E-state index in [9.17, 15) is 0 Å². The first kappa shape index (κ1) is 16.1. The van der Waals surface area contributed by atoms with E-state index in [2.05, 4.69) is 66.3 Å². The third-order valence-electron chi connectivity index (χ3n) is 3.33. The van der Waals surface area contributed by atoms with Crippen molar-refractivity contribution in [3.05, 3.63) is 28.7 Å². The van der Waals surface area contributed by atoms with Gasteiger partial charge in [-0.25, -0.2) is 0 Å². The van der Waals surface area contributed by atoms with Crippen LogP contribution in [-0.4, -0.2) is 18.3 Å². The molecule has 0 heterocycles. The van der Waals surface area contributed by atoms with Gasteiger partial charge in [-0.15, -0.1) is 11.8 Å². The Hall–Kier alpha value is 0.01000. The third kappa shape index (κ3) is 5.33. The summed E-state index contributed by atoms with van der Waals surface area (Å²) in [5.74, 6) is 1.94. The van der Waals surface area contributed by atoms with E-state index in [0.29, 0.717) is 6.04 Å². The van der Waals surface area contributed by atoms with E-state index >= 15 is 0 Å². The van der Waals surface area contributed by atoms with Gasteiger partial charge in [-0.1, -0.05) is 49.5 Å². The summed E-state index contributed by atoms with van der Waals surface area (Å²) in [7, 11) is 0. The van der Waals surface area contributed by atoms with E-state index < -0.39 is 0 Å². The molecule has 102 valence electrons. The molecule has 0 amide bonds. The molecular weight excluding hydrogens is 306 g/mol. The van der Waals surface area contributed by atoms with Gasteiger partial charge in [0, 0.05) is 21.2 Å². The molecule has 0 spiro atoms. The van der Waals surface area contributed by atoms with E-state index in [1.807, 2.05) is 11.8 Å². The molecule has 0 aliphatic rings. The fraction of sp³-hybridized carbons (Fsp3) is 0.600. The Kier molecular flexibility index (Phi) is 8.03. The second-order valence-corrected chi connectivity index (χ2v) is 6.51. The zero-order chi connectivity index (χ0) is 13.4. The highest BCUT2D eigenvalue weighted by Crippen LogP contribution is 2.24. The predicted molar refractivity (Wildman–Crippen MR) is 86.4 cm³/mol. The van der Waals surface area contributed by atoms with Crippen LogP contribution in [0.4, 0.5) is 0 Å². The molecule has 18 heavy (non-hydrogen) atoms. The van der Waals surface area contributed by atoms with E-state index in [-0.39, 0.29) is 0 Å². The van der Waals surface area contributed by atoms with E-state index in [1.54, 1.807) is 0 Å². The third-order valence-corrected chi connectivity index (χ3v) is 4.99. The van der Waals surface area contributed by atoms with Gasteiger partial charge in [0.1, 0.15) is 0 Å². The van der Waals surface area contributed by atoms with Crippen molar-refractivity contribution in [3.8, 4) is 0 Å². The average molecular weight is 330 g/mol. The number of nitrogens with one attached hydrogen (secondary N) is 1. The highest BCUT2D eigenvalue weighted by molar-refractivity contribution is 9.10. The summed E-state index contributed by atoms with van der Waals surface area (Å²) in [6.07, 6.45) is 2.52. The van der Waals surface area contributed by atoms with Crippen molar-refractivity contribution in [1.82, 2.24) is 5.32 Å². The van der Waals surface area contributed by atoms with Crippen LogP contribution in [-0.2, 0) is 0 Å². The molecule has 0 saturated carbocycles. The quantitative estimate of drug-likeness (QED) is 0.677. The Morgan fingerprint density at radius 2 is 1.72 bits per heavy atom. The van der Waals surface area contributed by atoms with E-state index in [4.69, 9.17) is 0 Å². The molecule has 1 atom stereocenters. The highest BCUT2D eigenvalue weighted by Gasteiger charge is 2.17. The summed E-state index contributed by atoms with van der Waals surface area (Å²) in [6, 6.07) is 9.22. The van der Waals surface area contributed by atoms with Gasteiger partial charge in [0.25, 0.3) is 0 Å². The highest BCUT2D eigenvalue weighted by atomic mass is 79.9. The number of rotatable bonds is 8. The number of benzene rings is 1. The van der Waals surface area contributed by atoms with E-state index in [0.717, 1.165) is 22.7 Å². The largest absolute Gasteiger partial charge is 0.313 e. The lowest BCUT2D eigenvalue weighted by Gasteiger charge is -2.25. The number of hydrogen-bond donors (Lipinski definition) is 1. The second-order valence-electron chi connectivity index (χ2n) is 4.51. The minimum Gasteiger partial charge on any atom is -0.313 e. The van der Waals surface area contributed by atoms with Gasteiger partial charge >= 0.3 is 0 Å². The maximum absolute atomic E-state index is 3.64. The molecule has 0 bridgehead atoms. The molecule has 1 N–H and O–H groups in total. The monoisotopic (exact) mass is 329 g/mol. The van der Waals surface area contributed by atoms with Crippen LogP contribution in [0.5, 0.6) is 0 Å². The van der Waals surface area contributed by atoms with E-state index in [1.165, 1.54) is 17.7 Å². The Labute approximate surface area is 124 Å². The summed E-state index contributed by atoms with van der Waals surface area (Å²) in [4.78, 5) is 1.35. The summed E-state index contributed by atoms with van der Waals surface area (Å²) in [5, 5.41) is 3.64. The SMILES string of the molecule is CCNC(CSc1ccc(Br)cc1)C(CC)CC. The van der Waals surface area contributed by atoms with Gasteiger partial charge in [0.15, 0.2) is 0 Å². The summed E-state index contributed by atoms with van der Waals surface area (Å²) in [6.45, 7) is 7.84. The van der Waals surface area contributed by atoms with Gasteiger partial charge in [0.05, 0.1) is 0 Å². The molecule has 0 radical (unpaired) electrons. The Balaban J connectivity index is 2.53. The van der Waals surface area contributed by atoms with Crippen LogP contribution in [0.2, 0.25) is 0 Å². The molecule has 1 rings (SSSR count). The molecule has 1 aromatic carbocycles. The van der Waals surface area contributed by atoms with Gasteiger partial charge in [0.2, 0.25) is 0 Å². The molecule has 0 fully saturated rings. The maximum Gasteiger partial charge on any atom is 0.0189 e. The smallest absolute Gasteiger partial charge is 0.0189 e. The van der Waals surface area contributed by atoms with Crippen molar-refractivity contribution in [2.24, 2.45) is 5.92 Å². The molecule has 1 nitrogen and oxygen atoms in total. The number of hydrogen-bond acceptors (Lipinski definition) is 2. The van der Waals surface area contributed by atoms with Crippen LogP contribution in [0.25, 0.3) is 0 Å². The van der Waals surface area contributed by atoms with Crippen LogP contribution in [0.1, 0.15) is 33.6 Å². The number of thioether (sulfide) groups is 1. The lowest BCUT2D eigenvalue weighted by Crippen LogP contribution is -2.37. The average Bonchev–Trinajstić information content (AvgIpc) is 2.39. The first-order chi connectivity index (χ1) is 8.71. The summed E-state index contributed by atoms with van der Waals surface area (Å²) in [5.41, 5.74) is 0. The molecule has 1 unspecified atom stereocenters. The van der Waals surface area contributed by atoms with Gasteiger partial charge in [-0.3, -0.25) is 0 Å². The second kappa shape index (κ2) is 9.00. The molecule has 3 heteroatoms. The molecule has 0 aliphatic carbocycles. The van der Waals surface area contributed by atoms with Crippen LogP contribution in [0, 0.1) is 5.92 Å². The van der Waals surface area contributed by atoms with Crippen molar-refractivity contribution in [2.75, 3.05) is 12.3 Å². The van der Waals surface area contributed by atoms with Crippen LogP contribution < -0.4 is 5.32 Å². The number of halogens is 1. The molecule has 0 aliphatic heterocycles. The molecule has 0 saturated heterocycles. The Bertz CT molecular complexity index is 322.